The molecule has 0 aliphatic heterocycles. The van der Waals surface area contributed by atoms with Crippen LogP contribution in [0.2, 0.25) is 0 Å². The van der Waals surface area contributed by atoms with Crippen LogP contribution in [0, 0.1) is 0 Å². The first kappa shape index (κ1) is 33.6. The van der Waals surface area contributed by atoms with E-state index in [0.717, 1.165) is 25.9 Å². The van der Waals surface area contributed by atoms with Gasteiger partial charge in [-0.25, -0.2) is 0 Å². The van der Waals surface area contributed by atoms with Crippen LogP contribution < -0.4 is 0 Å². The minimum atomic E-state index is -0.172. The Bertz CT molecular complexity index is 1710. The summed E-state index contributed by atoms with van der Waals surface area (Å²) < 4.78 is 5.45. The third kappa shape index (κ3) is 9.22. The molecule has 6 aromatic rings. The summed E-state index contributed by atoms with van der Waals surface area (Å²) in [6.45, 7) is 4.07. The second kappa shape index (κ2) is 17.2. The van der Waals surface area contributed by atoms with Gasteiger partial charge in [-0.2, -0.15) is 0 Å². The topological polar surface area (TPSA) is 29.5 Å². The summed E-state index contributed by atoms with van der Waals surface area (Å²) >= 11 is 0. The third-order valence-corrected chi connectivity index (χ3v) is 9.37. The minimum Gasteiger partial charge on any atom is -0.465 e. The van der Waals surface area contributed by atoms with Crippen molar-refractivity contribution in [2.75, 3.05) is 26.2 Å². The summed E-state index contributed by atoms with van der Waals surface area (Å²) in [7, 11) is 0. The minimum absolute atomic E-state index is 0.172. The van der Waals surface area contributed by atoms with Gasteiger partial charge in [0.2, 0.25) is 0 Å². The molecule has 0 radical (unpaired) electrons. The molecule has 3 heteroatoms. The molecule has 0 heterocycles. The monoisotopic (exact) mass is 643 g/mol. The van der Waals surface area contributed by atoms with Crippen molar-refractivity contribution in [3.05, 3.63) is 192 Å². The van der Waals surface area contributed by atoms with E-state index in [-0.39, 0.29) is 24.3 Å². The summed E-state index contributed by atoms with van der Waals surface area (Å²) in [6, 6.07) is 60.5. The molecular weight excluding hydrogens is 599 g/mol. The van der Waals surface area contributed by atoms with Gasteiger partial charge in [0.15, 0.2) is 0 Å². The van der Waals surface area contributed by atoms with Crippen LogP contribution in [0.5, 0.6) is 0 Å². The van der Waals surface area contributed by atoms with Gasteiger partial charge in [-0.15, -0.1) is 0 Å². The first-order valence-corrected chi connectivity index (χ1v) is 17.5. The fraction of sp³-hybridized carbons (Fsp3) is 0.196. The number of ether oxygens (including phenoxy) is 1. The molecular formula is C46H45NO2. The number of rotatable bonds is 15. The number of nitrogens with zero attached hydrogens (tertiary/aromatic N) is 1. The van der Waals surface area contributed by atoms with Crippen LogP contribution in [0.1, 0.15) is 53.9 Å². The Balaban J connectivity index is 1.22. The van der Waals surface area contributed by atoms with Gasteiger partial charge in [0.05, 0.1) is 13.2 Å². The van der Waals surface area contributed by atoms with Gasteiger partial charge >= 0.3 is 5.97 Å². The smallest absolute Gasteiger partial charge is 0.320 e. The normalized spacial score (nSPS) is 12.4. The lowest BCUT2D eigenvalue weighted by Crippen LogP contribution is -2.34. The molecule has 0 fully saturated rings. The maximum Gasteiger partial charge on any atom is 0.320 e. The van der Waals surface area contributed by atoms with Crippen molar-refractivity contribution in [3.63, 3.8) is 0 Å². The molecule has 0 aliphatic carbocycles. The molecule has 3 nitrogen and oxygen atoms in total. The molecule has 0 saturated carbocycles. The summed E-state index contributed by atoms with van der Waals surface area (Å²) in [5.41, 5.74) is 9.98. The molecule has 0 saturated heterocycles. The Morgan fingerprint density at radius 2 is 0.796 bits per heavy atom. The molecule has 2 atom stereocenters. The zero-order chi connectivity index (χ0) is 33.7. The second-order valence-corrected chi connectivity index (χ2v) is 12.6. The van der Waals surface area contributed by atoms with Crippen molar-refractivity contribution >= 4 is 5.97 Å². The Labute approximate surface area is 291 Å². The number of esters is 1. The van der Waals surface area contributed by atoms with E-state index in [2.05, 4.69) is 175 Å². The van der Waals surface area contributed by atoms with Crippen molar-refractivity contribution in [1.82, 2.24) is 4.90 Å². The van der Waals surface area contributed by atoms with Crippen molar-refractivity contribution in [1.29, 1.82) is 0 Å². The highest BCUT2D eigenvalue weighted by Crippen LogP contribution is 2.33. The van der Waals surface area contributed by atoms with Crippen LogP contribution in [0.15, 0.2) is 170 Å². The van der Waals surface area contributed by atoms with Gasteiger partial charge in [0.1, 0.15) is 0 Å². The molecule has 6 aromatic carbocycles. The molecule has 246 valence electrons. The average Bonchev–Trinajstić information content (AvgIpc) is 3.17. The van der Waals surface area contributed by atoms with Crippen LogP contribution in [-0.2, 0) is 9.53 Å². The second-order valence-electron chi connectivity index (χ2n) is 12.6. The average molecular weight is 644 g/mol. The van der Waals surface area contributed by atoms with E-state index in [1.54, 1.807) is 0 Å². The van der Waals surface area contributed by atoms with Crippen LogP contribution in [0.3, 0.4) is 0 Å². The largest absolute Gasteiger partial charge is 0.465 e. The lowest BCUT2D eigenvalue weighted by molar-refractivity contribution is -0.144. The first-order chi connectivity index (χ1) is 24.2. The van der Waals surface area contributed by atoms with Gasteiger partial charge in [-0.1, -0.05) is 170 Å². The van der Waals surface area contributed by atoms with Gasteiger partial charge in [0, 0.05) is 11.8 Å². The molecule has 0 spiro atoms. The SMILES string of the molecule is CCOC(=O)CN(CCC(c1ccccc1)c1ccc(-c2ccccc2)cc1)CCC(c1ccccc1)c1ccc(-c2ccccc2)cc1. The number of carbonyl (C=O) groups is 1. The Morgan fingerprint density at radius 1 is 0.469 bits per heavy atom. The van der Waals surface area contributed by atoms with Crippen molar-refractivity contribution in [2.45, 2.75) is 31.6 Å². The van der Waals surface area contributed by atoms with Crippen LogP contribution in [0.4, 0.5) is 0 Å². The van der Waals surface area contributed by atoms with Crippen LogP contribution >= 0.6 is 0 Å². The third-order valence-electron chi connectivity index (χ3n) is 9.37. The summed E-state index contributed by atoms with van der Waals surface area (Å²) in [4.78, 5) is 15.2. The summed E-state index contributed by atoms with van der Waals surface area (Å²) in [5.74, 6) is 0.229. The fourth-order valence-electron chi connectivity index (χ4n) is 6.78. The van der Waals surface area contributed by atoms with Crippen molar-refractivity contribution in [3.8, 4) is 22.3 Å². The highest BCUT2D eigenvalue weighted by molar-refractivity contribution is 5.71. The van der Waals surface area contributed by atoms with E-state index in [0.29, 0.717) is 6.61 Å². The summed E-state index contributed by atoms with van der Waals surface area (Å²) in [5, 5.41) is 0. The van der Waals surface area contributed by atoms with Gasteiger partial charge in [-0.05, 0) is 77.4 Å². The predicted octanol–water partition coefficient (Wildman–Crippen LogP) is 10.6. The molecule has 49 heavy (non-hydrogen) atoms. The standard InChI is InChI=1S/C46H45NO2/c1-2-49-46(48)35-47(33-31-44(40-19-11-5-12-20-40)42-27-23-38(24-28-42)36-15-7-3-8-16-36)34-32-45(41-21-13-6-14-22-41)43-29-25-39(26-30-43)37-17-9-4-10-18-37/h3-30,44-45H,2,31-35H2,1H3. The molecule has 0 amide bonds. The maximum atomic E-state index is 12.9. The molecule has 6 rings (SSSR count). The van der Waals surface area contributed by atoms with Gasteiger partial charge < -0.3 is 4.74 Å². The highest BCUT2D eigenvalue weighted by atomic mass is 16.5. The molecule has 0 bridgehead atoms. The molecule has 0 N–H and O–H groups in total. The van der Waals surface area contributed by atoms with Crippen molar-refractivity contribution in [2.24, 2.45) is 0 Å². The maximum absolute atomic E-state index is 12.9. The number of hydrogen-bond acceptors (Lipinski definition) is 3. The zero-order valence-electron chi connectivity index (χ0n) is 28.3. The highest BCUT2D eigenvalue weighted by Gasteiger charge is 2.21. The lowest BCUT2D eigenvalue weighted by atomic mass is 9.86. The van der Waals surface area contributed by atoms with E-state index >= 15 is 0 Å². The lowest BCUT2D eigenvalue weighted by Gasteiger charge is -2.27. The summed E-state index contributed by atoms with van der Waals surface area (Å²) in [6.07, 6.45) is 1.77. The molecule has 0 aliphatic rings. The first-order valence-electron chi connectivity index (χ1n) is 17.5. The van der Waals surface area contributed by atoms with Gasteiger partial charge in [-0.3, -0.25) is 9.69 Å². The quantitative estimate of drug-likeness (QED) is 0.104. The predicted molar refractivity (Wildman–Crippen MR) is 203 cm³/mol. The number of benzene rings is 6. The fourth-order valence-corrected chi connectivity index (χ4v) is 6.78. The van der Waals surface area contributed by atoms with E-state index in [1.807, 2.05) is 6.92 Å². The Kier molecular flexibility index (Phi) is 11.8. The van der Waals surface area contributed by atoms with Gasteiger partial charge in [0.25, 0.3) is 0 Å². The van der Waals surface area contributed by atoms with Crippen molar-refractivity contribution < 1.29 is 9.53 Å². The van der Waals surface area contributed by atoms with E-state index in [9.17, 15) is 4.79 Å². The van der Waals surface area contributed by atoms with E-state index < -0.39 is 0 Å². The molecule has 0 aromatic heterocycles. The van der Waals surface area contributed by atoms with Crippen LogP contribution in [-0.4, -0.2) is 37.1 Å². The molecule has 2 unspecified atom stereocenters. The van der Waals surface area contributed by atoms with E-state index in [4.69, 9.17) is 4.74 Å². The Morgan fingerprint density at radius 3 is 1.16 bits per heavy atom. The Hall–Kier alpha value is -5.25. The number of carbonyl (C=O) groups excluding carboxylic acids is 1. The van der Waals surface area contributed by atoms with E-state index in [1.165, 1.54) is 44.5 Å². The zero-order valence-corrected chi connectivity index (χ0v) is 28.3. The number of hydrogen-bond donors (Lipinski definition) is 0. The van der Waals surface area contributed by atoms with Crippen LogP contribution in [0.25, 0.3) is 22.3 Å².